The van der Waals surface area contributed by atoms with Crippen LogP contribution in [-0.4, -0.2) is 32.8 Å². The fourth-order valence-corrected chi connectivity index (χ4v) is 5.02. The van der Waals surface area contributed by atoms with Gasteiger partial charge in [0.15, 0.2) is 0 Å². The number of allylic oxidation sites excluding steroid dienone is 1. The van der Waals surface area contributed by atoms with Crippen molar-refractivity contribution in [3.63, 3.8) is 0 Å². The molecule has 3 aliphatic rings. The lowest BCUT2D eigenvalue weighted by Gasteiger charge is -2.50. The van der Waals surface area contributed by atoms with Crippen LogP contribution < -0.4 is 4.90 Å². The van der Waals surface area contributed by atoms with Gasteiger partial charge in [-0.25, -0.2) is 0 Å². The van der Waals surface area contributed by atoms with Crippen LogP contribution in [0.3, 0.4) is 0 Å². The van der Waals surface area contributed by atoms with Crippen molar-refractivity contribution in [1.82, 2.24) is 0 Å². The molecule has 2 nitrogen and oxygen atoms in total. The molecule has 3 rings (SSSR count). The Balaban J connectivity index is 1.81. The molecule has 0 spiro atoms. The lowest BCUT2D eigenvalue weighted by Crippen LogP contribution is -3.11. The van der Waals surface area contributed by atoms with Crippen molar-refractivity contribution in [3.05, 3.63) is 11.6 Å². The van der Waals surface area contributed by atoms with E-state index in [4.69, 9.17) is 4.74 Å². The molecule has 108 valence electrons. The number of nitrogens with one attached hydrogen (secondary N) is 1. The first-order valence-corrected chi connectivity index (χ1v) is 8.19. The van der Waals surface area contributed by atoms with E-state index in [0.717, 1.165) is 24.4 Å². The number of piperidine rings is 1. The predicted octanol–water partition coefficient (Wildman–Crippen LogP) is 1.77. The van der Waals surface area contributed by atoms with Crippen LogP contribution in [0, 0.1) is 29.6 Å². The van der Waals surface area contributed by atoms with Gasteiger partial charge in [0.25, 0.3) is 0 Å². The van der Waals surface area contributed by atoms with E-state index in [1.807, 2.05) is 0 Å². The maximum Gasteiger partial charge on any atom is 0.0822 e. The molecule has 0 saturated carbocycles. The lowest BCUT2D eigenvalue weighted by atomic mass is 9.63. The van der Waals surface area contributed by atoms with Gasteiger partial charge in [0.05, 0.1) is 32.8 Å². The molecule has 0 radical (unpaired) electrons. The van der Waals surface area contributed by atoms with Gasteiger partial charge in [-0.2, -0.15) is 0 Å². The summed E-state index contributed by atoms with van der Waals surface area (Å²) >= 11 is 0. The molecule has 0 aromatic heterocycles. The van der Waals surface area contributed by atoms with Crippen LogP contribution in [0.15, 0.2) is 11.6 Å². The quantitative estimate of drug-likeness (QED) is 0.713. The van der Waals surface area contributed by atoms with Crippen LogP contribution in [0.5, 0.6) is 0 Å². The summed E-state index contributed by atoms with van der Waals surface area (Å²) in [5.74, 6) is 3.72. The second-order valence-electron chi connectivity index (χ2n) is 7.43. The Morgan fingerprint density at radius 3 is 2.84 bits per heavy atom. The zero-order valence-electron chi connectivity index (χ0n) is 13.0. The van der Waals surface area contributed by atoms with Gasteiger partial charge in [0, 0.05) is 11.8 Å². The van der Waals surface area contributed by atoms with Gasteiger partial charge in [0.2, 0.25) is 0 Å². The van der Waals surface area contributed by atoms with E-state index in [2.05, 4.69) is 33.9 Å². The van der Waals surface area contributed by atoms with Crippen LogP contribution in [0.1, 0.15) is 33.6 Å². The molecule has 2 unspecified atom stereocenters. The third kappa shape index (κ3) is 2.38. The summed E-state index contributed by atoms with van der Waals surface area (Å²) in [6.07, 6.45) is 5.77. The van der Waals surface area contributed by atoms with Crippen LogP contribution in [0.25, 0.3) is 0 Å². The molecular formula is C17H30NO+. The minimum Gasteiger partial charge on any atom is -0.377 e. The molecule has 2 aliphatic heterocycles. The van der Waals surface area contributed by atoms with E-state index in [1.165, 1.54) is 25.9 Å². The number of fused-ring (bicyclic) bond motifs is 2. The molecule has 1 aliphatic carbocycles. The Hall–Kier alpha value is -0.340. The summed E-state index contributed by atoms with van der Waals surface area (Å²) in [6.45, 7) is 10.8. The summed E-state index contributed by atoms with van der Waals surface area (Å²) in [6, 6.07) is 0. The first-order chi connectivity index (χ1) is 9.08. The molecule has 0 aromatic carbocycles. The van der Waals surface area contributed by atoms with E-state index >= 15 is 0 Å². The van der Waals surface area contributed by atoms with Crippen LogP contribution in [0.4, 0.5) is 0 Å². The second-order valence-corrected chi connectivity index (χ2v) is 7.43. The molecule has 2 saturated heterocycles. The highest BCUT2D eigenvalue weighted by Crippen LogP contribution is 2.46. The average molecular weight is 264 g/mol. The van der Waals surface area contributed by atoms with Gasteiger partial charge in [-0.3, -0.25) is 0 Å². The monoisotopic (exact) mass is 264 g/mol. The minimum absolute atomic E-state index is 0.491. The number of likely N-dealkylation sites (tertiary alicyclic amines) is 1. The highest BCUT2D eigenvalue weighted by molar-refractivity contribution is 5.17. The van der Waals surface area contributed by atoms with Crippen molar-refractivity contribution in [1.29, 1.82) is 0 Å². The Morgan fingerprint density at radius 2 is 2.11 bits per heavy atom. The van der Waals surface area contributed by atoms with Crippen molar-refractivity contribution in [2.24, 2.45) is 29.6 Å². The van der Waals surface area contributed by atoms with E-state index in [1.54, 1.807) is 10.5 Å². The van der Waals surface area contributed by atoms with Gasteiger partial charge in [-0.1, -0.05) is 25.5 Å². The maximum absolute atomic E-state index is 6.39. The number of quaternary nitrogens is 1. The van der Waals surface area contributed by atoms with Crippen LogP contribution in [-0.2, 0) is 4.74 Å². The van der Waals surface area contributed by atoms with Crippen molar-refractivity contribution < 1.29 is 9.64 Å². The fraction of sp³-hybridized carbons (Fsp3) is 0.882. The molecule has 2 fully saturated rings. The average Bonchev–Trinajstić information content (AvgIpc) is 2.35. The standard InChI is InChI=1S/C17H29NO/c1-11-8-12(2)16-13(3)15(11)10-19-17(16)14-6-5-7-18(4)9-14/h8,11,13-17H,5-7,9-10H2,1-4H3/p+1/t11-,13+,14?,15-,16-,17-/m1/s1. The summed E-state index contributed by atoms with van der Waals surface area (Å²) in [4.78, 5) is 1.69. The number of ether oxygens (including phenoxy) is 1. The smallest absolute Gasteiger partial charge is 0.0822 e. The SMILES string of the molecule is CC1=C[C@@H](C)[C@H]2CO[C@H](C3CCC[NH+](C)C3)[C@H]1[C@H]2C. The zero-order valence-corrected chi connectivity index (χ0v) is 13.0. The molecule has 2 heteroatoms. The third-order valence-corrected chi connectivity index (χ3v) is 6.06. The molecule has 0 amide bonds. The summed E-state index contributed by atoms with van der Waals surface area (Å²) < 4.78 is 6.39. The molecule has 1 N–H and O–H groups in total. The van der Waals surface area contributed by atoms with Crippen molar-refractivity contribution in [2.75, 3.05) is 26.7 Å². The highest BCUT2D eigenvalue weighted by Gasteiger charge is 2.46. The van der Waals surface area contributed by atoms with Crippen LogP contribution >= 0.6 is 0 Å². The van der Waals surface area contributed by atoms with Crippen molar-refractivity contribution >= 4 is 0 Å². The maximum atomic E-state index is 6.39. The largest absolute Gasteiger partial charge is 0.377 e. The van der Waals surface area contributed by atoms with Gasteiger partial charge >= 0.3 is 0 Å². The second kappa shape index (κ2) is 5.21. The van der Waals surface area contributed by atoms with Crippen molar-refractivity contribution in [3.8, 4) is 0 Å². The molecular weight excluding hydrogens is 234 g/mol. The minimum atomic E-state index is 0.491. The van der Waals surface area contributed by atoms with Crippen LogP contribution in [0.2, 0.25) is 0 Å². The molecule has 2 heterocycles. The Morgan fingerprint density at radius 1 is 1.32 bits per heavy atom. The normalized spacial score (nSPS) is 50.7. The highest BCUT2D eigenvalue weighted by atomic mass is 16.5. The zero-order chi connectivity index (χ0) is 13.6. The van der Waals surface area contributed by atoms with Gasteiger partial charge in [0.1, 0.15) is 0 Å². The number of rotatable bonds is 1. The summed E-state index contributed by atoms with van der Waals surface area (Å²) in [5.41, 5.74) is 1.60. The Bertz CT molecular complexity index is 364. The Kier molecular flexibility index (Phi) is 3.74. The van der Waals surface area contributed by atoms with E-state index in [-0.39, 0.29) is 0 Å². The van der Waals surface area contributed by atoms with Gasteiger partial charge < -0.3 is 9.64 Å². The molecule has 2 bridgehead atoms. The first kappa shape index (κ1) is 13.6. The summed E-state index contributed by atoms with van der Waals surface area (Å²) in [5, 5.41) is 0. The summed E-state index contributed by atoms with van der Waals surface area (Å²) in [7, 11) is 2.34. The van der Waals surface area contributed by atoms with Crippen molar-refractivity contribution in [2.45, 2.75) is 39.7 Å². The lowest BCUT2D eigenvalue weighted by molar-refractivity contribution is -0.889. The molecule has 19 heavy (non-hydrogen) atoms. The number of hydrogen-bond acceptors (Lipinski definition) is 1. The Labute approximate surface area is 118 Å². The topological polar surface area (TPSA) is 13.7 Å². The van der Waals surface area contributed by atoms with Gasteiger partial charge in [-0.05, 0) is 37.5 Å². The van der Waals surface area contributed by atoms with E-state index < -0.39 is 0 Å². The molecule has 0 aromatic rings. The first-order valence-electron chi connectivity index (χ1n) is 8.19. The van der Waals surface area contributed by atoms with E-state index in [9.17, 15) is 0 Å². The van der Waals surface area contributed by atoms with E-state index in [0.29, 0.717) is 17.9 Å². The number of hydrogen-bond donors (Lipinski definition) is 1. The van der Waals surface area contributed by atoms with Gasteiger partial charge in [-0.15, -0.1) is 0 Å². The molecule has 7 atom stereocenters. The fourth-order valence-electron chi connectivity index (χ4n) is 5.02. The third-order valence-electron chi connectivity index (χ3n) is 6.06. The predicted molar refractivity (Wildman–Crippen MR) is 78.1 cm³/mol.